The van der Waals surface area contributed by atoms with E-state index in [9.17, 15) is 19.2 Å². The van der Waals surface area contributed by atoms with Gasteiger partial charge in [0.25, 0.3) is 11.1 Å². The molecule has 10 heteroatoms. The number of imide groups is 1. The van der Waals surface area contributed by atoms with Gasteiger partial charge in [0.15, 0.2) is 5.78 Å². The molecule has 1 unspecified atom stereocenters. The highest BCUT2D eigenvalue weighted by molar-refractivity contribution is 8.16. The number of thiophene rings is 1. The molecule has 2 N–H and O–H groups in total. The van der Waals surface area contributed by atoms with Crippen molar-refractivity contribution in [1.29, 1.82) is 0 Å². The van der Waals surface area contributed by atoms with Crippen LogP contribution in [0.3, 0.4) is 0 Å². The van der Waals surface area contributed by atoms with Crippen LogP contribution < -0.4 is 5.73 Å². The number of anilines is 1. The molecule has 1 aromatic heterocycles. The summed E-state index contributed by atoms with van der Waals surface area (Å²) in [5, 5.41) is 0.335. The van der Waals surface area contributed by atoms with Gasteiger partial charge in [0.05, 0.1) is 15.4 Å². The van der Waals surface area contributed by atoms with Crippen molar-refractivity contribution in [3.05, 3.63) is 16.0 Å². The highest BCUT2D eigenvalue weighted by atomic mass is 32.2. The Bertz CT molecular complexity index is 1020. The SMILES string of the molecule is CCN1C(=O)SC2(CCCN(C3CCN(C(=O)c4c(N)sc5c4CCCC5=O)CC3)C2)C1=O. The molecule has 0 bridgehead atoms. The third kappa shape index (κ3) is 3.80. The summed E-state index contributed by atoms with van der Waals surface area (Å²) in [5.74, 6) is 0.00716. The second kappa shape index (κ2) is 8.70. The van der Waals surface area contributed by atoms with Crippen LogP contribution in [0.2, 0.25) is 0 Å². The van der Waals surface area contributed by atoms with Gasteiger partial charge < -0.3 is 10.6 Å². The van der Waals surface area contributed by atoms with Crippen molar-refractivity contribution < 1.29 is 19.2 Å². The average Bonchev–Trinajstić information content (AvgIpc) is 3.27. The number of hydrogen-bond acceptors (Lipinski definition) is 8. The summed E-state index contributed by atoms with van der Waals surface area (Å²) in [4.78, 5) is 57.1. The number of nitrogens with two attached hydrogens (primary N) is 1. The quantitative estimate of drug-likeness (QED) is 0.695. The Morgan fingerprint density at radius 3 is 2.58 bits per heavy atom. The molecule has 1 aliphatic carbocycles. The van der Waals surface area contributed by atoms with Gasteiger partial charge in [-0.15, -0.1) is 11.3 Å². The van der Waals surface area contributed by atoms with Crippen LogP contribution in [0.15, 0.2) is 0 Å². The Kier molecular flexibility index (Phi) is 6.03. The third-order valence-electron chi connectivity index (χ3n) is 7.54. The smallest absolute Gasteiger partial charge is 0.289 e. The number of fused-ring (bicyclic) bond motifs is 1. The number of thioether (sulfide) groups is 1. The molecule has 3 aliphatic heterocycles. The van der Waals surface area contributed by atoms with E-state index in [1.807, 2.05) is 11.8 Å². The van der Waals surface area contributed by atoms with Gasteiger partial charge in [0.1, 0.15) is 4.75 Å². The zero-order valence-electron chi connectivity index (χ0n) is 18.9. The number of carbonyl (C=O) groups is 4. The predicted octanol–water partition coefficient (Wildman–Crippen LogP) is 3.00. The normalized spacial score (nSPS) is 27.0. The molecule has 3 saturated heterocycles. The molecule has 4 aliphatic rings. The second-order valence-electron chi connectivity index (χ2n) is 9.43. The maximum Gasteiger partial charge on any atom is 0.289 e. The average molecular weight is 491 g/mol. The minimum absolute atomic E-state index is 0.0374. The zero-order valence-corrected chi connectivity index (χ0v) is 20.6. The molecule has 1 atom stereocenters. The molecule has 0 saturated carbocycles. The van der Waals surface area contributed by atoms with Gasteiger partial charge in [-0.05, 0) is 69.3 Å². The fourth-order valence-corrected chi connectivity index (χ4v) is 8.21. The molecule has 8 nitrogen and oxygen atoms in total. The minimum Gasteiger partial charge on any atom is -0.390 e. The Labute approximate surface area is 201 Å². The van der Waals surface area contributed by atoms with E-state index in [0.717, 1.165) is 50.6 Å². The fourth-order valence-electron chi connectivity index (χ4n) is 5.81. The lowest BCUT2D eigenvalue weighted by molar-refractivity contribution is -0.131. The number of Topliss-reactive ketones (excluding diaryl/α,β-unsaturated/α-hetero) is 1. The van der Waals surface area contributed by atoms with Crippen molar-refractivity contribution in [2.75, 3.05) is 38.5 Å². The van der Waals surface area contributed by atoms with E-state index in [2.05, 4.69) is 4.90 Å². The summed E-state index contributed by atoms with van der Waals surface area (Å²) >= 11 is 2.47. The minimum atomic E-state index is -0.644. The molecule has 33 heavy (non-hydrogen) atoms. The fraction of sp³-hybridized carbons (Fsp3) is 0.652. The second-order valence-corrected chi connectivity index (χ2v) is 11.8. The first-order chi connectivity index (χ1) is 15.8. The molecule has 3 amide bonds. The number of ketones is 1. The zero-order chi connectivity index (χ0) is 23.3. The number of nitrogen functional groups attached to an aromatic ring is 1. The van der Waals surface area contributed by atoms with Gasteiger partial charge in [-0.1, -0.05) is 0 Å². The first-order valence-corrected chi connectivity index (χ1v) is 13.5. The van der Waals surface area contributed by atoms with Crippen molar-refractivity contribution >= 4 is 50.9 Å². The van der Waals surface area contributed by atoms with Crippen molar-refractivity contribution in [3.8, 4) is 0 Å². The summed E-state index contributed by atoms with van der Waals surface area (Å²) in [6.45, 7) is 5.05. The van der Waals surface area contributed by atoms with Gasteiger partial charge in [-0.25, -0.2) is 0 Å². The van der Waals surface area contributed by atoms with E-state index in [-0.39, 0.29) is 22.8 Å². The van der Waals surface area contributed by atoms with Crippen LogP contribution in [-0.4, -0.2) is 81.0 Å². The molecule has 0 radical (unpaired) electrons. The summed E-state index contributed by atoms with van der Waals surface area (Å²) in [7, 11) is 0. The summed E-state index contributed by atoms with van der Waals surface area (Å²) in [5.41, 5.74) is 7.59. The van der Waals surface area contributed by atoms with Crippen molar-refractivity contribution in [2.24, 2.45) is 0 Å². The van der Waals surface area contributed by atoms with Crippen molar-refractivity contribution in [1.82, 2.24) is 14.7 Å². The number of amides is 3. The predicted molar refractivity (Wildman–Crippen MR) is 129 cm³/mol. The van der Waals surface area contributed by atoms with E-state index in [4.69, 9.17) is 5.73 Å². The molecule has 178 valence electrons. The van der Waals surface area contributed by atoms with E-state index >= 15 is 0 Å². The van der Waals surface area contributed by atoms with Crippen LogP contribution in [0.1, 0.15) is 71.0 Å². The summed E-state index contributed by atoms with van der Waals surface area (Å²) < 4.78 is -0.644. The lowest BCUT2D eigenvalue weighted by atomic mass is 9.91. The van der Waals surface area contributed by atoms with E-state index in [1.54, 1.807) is 0 Å². The van der Waals surface area contributed by atoms with Gasteiger partial charge in [0.2, 0.25) is 5.91 Å². The molecular formula is C23H30N4O4S2. The van der Waals surface area contributed by atoms with Gasteiger partial charge in [-0.2, -0.15) is 0 Å². The molecule has 1 aromatic rings. The number of piperidine rings is 2. The van der Waals surface area contributed by atoms with Crippen LogP contribution in [0.4, 0.5) is 9.80 Å². The number of carbonyl (C=O) groups excluding carboxylic acids is 4. The molecule has 4 heterocycles. The molecule has 1 spiro atoms. The van der Waals surface area contributed by atoms with Gasteiger partial charge in [0, 0.05) is 38.6 Å². The number of nitrogens with zero attached hydrogens (tertiary/aromatic N) is 3. The van der Waals surface area contributed by atoms with E-state index in [1.165, 1.54) is 28.0 Å². The largest absolute Gasteiger partial charge is 0.390 e. The highest BCUT2D eigenvalue weighted by Gasteiger charge is 2.54. The first-order valence-electron chi connectivity index (χ1n) is 11.9. The molecule has 3 fully saturated rings. The Morgan fingerprint density at radius 2 is 1.88 bits per heavy atom. The van der Waals surface area contributed by atoms with Crippen LogP contribution in [0, 0.1) is 0 Å². The standard InChI is InChI=1S/C23H30N4O4S2/c1-2-27-21(30)23(33-22(27)31)9-4-10-26(13-23)14-7-11-25(12-8-14)20(29)17-15-5-3-6-16(28)18(15)32-19(17)24/h14H,2-13,24H2,1H3. The maximum atomic E-state index is 13.3. The van der Waals surface area contributed by atoms with Gasteiger partial charge >= 0.3 is 0 Å². The van der Waals surface area contributed by atoms with E-state index in [0.29, 0.717) is 54.1 Å². The Hall–Kier alpha value is -1.91. The summed E-state index contributed by atoms with van der Waals surface area (Å²) in [6, 6.07) is 0.292. The van der Waals surface area contributed by atoms with E-state index < -0.39 is 4.75 Å². The summed E-state index contributed by atoms with van der Waals surface area (Å²) in [6.07, 6.45) is 5.35. The molecular weight excluding hydrogens is 460 g/mol. The van der Waals surface area contributed by atoms with Crippen LogP contribution in [-0.2, 0) is 11.2 Å². The number of likely N-dealkylation sites (tertiary alicyclic amines) is 2. The Balaban J connectivity index is 1.25. The number of hydrogen-bond donors (Lipinski definition) is 1. The lowest BCUT2D eigenvalue weighted by Crippen LogP contribution is -2.56. The Morgan fingerprint density at radius 1 is 1.12 bits per heavy atom. The van der Waals surface area contributed by atoms with Crippen molar-refractivity contribution in [3.63, 3.8) is 0 Å². The lowest BCUT2D eigenvalue weighted by Gasteiger charge is -2.44. The maximum absolute atomic E-state index is 13.3. The highest BCUT2D eigenvalue weighted by Crippen LogP contribution is 2.44. The topological polar surface area (TPSA) is 104 Å². The first kappa shape index (κ1) is 22.9. The van der Waals surface area contributed by atoms with Crippen LogP contribution in [0.25, 0.3) is 0 Å². The van der Waals surface area contributed by atoms with Gasteiger partial charge in [-0.3, -0.25) is 29.0 Å². The van der Waals surface area contributed by atoms with Crippen LogP contribution >= 0.6 is 23.1 Å². The van der Waals surface area contributed by atoms with Crippen molar-refractivity contribution in [2.45, 2.75) is 62.7 Å². The third-order valence-corrected chi connectivity index (χ3v) is 9.93. The van der Waals surface area contributed by atoms with Crippen LogP contribution in [0.5, 0.6) is 0 Å². The molecule has 5 rings (SSSR count). The molecule has 0 aromatic carbocycles. The monoisotopic (exact) mass is 490 g/mol. The number of rotatable bonds is 3.